The van der Waals surface area contributed by atoms with E-state index in [4.69, 9.17) is 23.7 Å². The summed E-state index contributed by atoms with van der Waals surface area (Å²) in [4.78, 5) is 0. The van der Waals surface area contributed by atoms with Gasteiger partial charge in [-0.3, -0.25) is 0 Å². The molecule has 0 bridgehead atoms. The Morgan fingerprint density at radius 2 is 1.56 bits per heavy atom. The van der Waals surface area contributed by atoms with E-state index in [1.165, 1.54) is 0 Å². The van der Waals surface area contributed by atoms with Gasteiger partial charge in [0.15, 0.2) is 12.6 Å². The molecular formula is C20H20O5. The van der Waals surface area contributed by atoms with Crippen LogP contribution in [0.2, 0.25) is 0 Å². The number of hydrogen-bond donors (Lipinski definition) is 0. The standard InChI is InChI=1S/C20H20O5/c1-3-7-13(8-4-1)11-21-20-18-17(24-18)16-15(23-20)12-22-19(25-16)14-9-5-2-6-10-14/h1-10,15-20H,11-12H2/t15-,16-,17-,18-,19?,20-/m1/s1. The van der Waals surface area contributed by atoms with Crippen molar-refractivity contribution in [1.82, 2.24) is 0 Å². The zero-order chi connectivity index (χ0) is 16.6. The molecule has 2 aromatic carbocycles. The molecule has 3 saturated heterocycles. The Morgan fingerprint density at radius 1 is 0.800 bits per heavy atom. The van der Waals surface area contributed by atoms with Crippen molar-refractivity contribution in [3.05, 3.63) is 71.8 Å². The van der Waals surface area contributed by atoms with Gasteiger partial charge in [0, 0.05) is 5.56 Å². The van der Waals surface area contributed by atoms with Crippen molar-refractivity contribution in [2.24, 2.45) is 0 Å². The number of hydrogen-bond acceptors (Lipinski definition) is 5. The van der Waals surface area contributed by atoms with Gasteiger partial charge in [-0.15, -0.1) is 0 Å². The van der Waals surface area contributed by atoms with Gasteiger partial charge in [-0.1, -0.05) is 60.7 Å². The van der Waals surface area contributed by atoms with Crippen LogP contribution in [0.4, 0.5) is 0 Å². The molecule has 130 valence electrons. The Hall–Kier alpha value is -1.76. The quantitative estimate of drug-likeness (QED) is 0.801. The molecule has 5 nitrogen and oxygen atoms in total. The highest BCUT2D eigenvalue weighted by Crippen LogP contribution is 2.43. The number of benzene rings is 2. The van der Waals surface area contributed by atoms with E-state index in [9.17, 15) is 0 Å². The second-order valence-corrected chi connectivity index (χ2v) is 6.58. The fourth-order valence-electron chi connectivity index (χ4n) is 3.49. The highest BCUT2D eigenvalue weighted by molar-refractivity contribution is 5.17. The molecule has 2 aromatic rings. The number of fused-ring (bicyclic) bond motifs is 3. The molecule has 5 rings (SSSR count). The van der Waals surface area contributed by atoms with E-state index in [1.54, 1.807) is 0 Å². The van der Waals surface area contributed by atoms with Crippen LogP contribution < -0.4 is 0 Å². The lowest BCUT2D eigenvalue weighted by Crippen LogP contribution is -2.52. The molecule has 5 heteroatoms. The molecule has 1 unspecified atom stereocenters. The maximum atomic E-state index is 6.11. The fraction of sp³-hybridized carbons (Fsp3) is 0.400. The molecule has 3 fully saturated rings. The second kappa shape index (κ2) is 6.52. The molecule has 3 aliphatic heterocycles. The number of ether oxygens (including phenoxy) is 5. The lowest BCUT2D eigenvalue weighted by molar-refractivity contribution is -0.308. The lowest BCUT2D eigenvalue weighted by Gasteiger charge is -2.39. The van der Waals surface area contributed by atoms with Crippen LogP contribution in [-0.2, 0) is 30.3 Å². The van der Waals surface area contributed by atoms with Crippen LogP contribution in [-0.4, -0.2) is 37.3 Å². The van der Waals surface area contributed by atoms with Crippen LogP contribution in [0.15, 0.2) is 60.7 Å². The van der Waals surface area contributed by atoms with Gasteiger partial charge in [-0.2, -0.15) is 0 Å². The van der Waals surface area contributed by atoms with Crippen molar-refractivity contribution in [2.45, 2.75) is 43.6 Å². The minimum absolute atomic E-state index is 0.0228. The first-order valence-corrected chi connectivity index (χ1v) is 8.67. The summed E-state index contributed by atoms with van der Waals surface area (Å²) in [5.74, 6) is 0. The van der Waals surface area contributed by atoms with Crippen molar-refractivity contribution < 1.29 is 23.7 Å². The fourth-order valence-corrected chi connectivity index (χ4v) is 3.49. The molecule has 3 heterocycles. The van der Waals surface area contributed by atoms with Crippen molar-refractivity contribution in [1.29, 1.82) is 0 Å². The second-order valence-electron chi connectivity index (χ2n) is 6.58. The van der Waals surface area contributed by atoms with Crippen molar-refractivity contribution in [3.63, 3.8) is 0 Å². The first-order valence-electron chi connectivity index (χ1n) is 8.67. The molecule has 3 aliphatic rings. The molecule has 6 atom stereocenters. The van der Waals surface area contributed by atoms with Gasteiger partial charge in [0.05, 0.1) is 13.2 Å². The Balaban J connectivity index is 1.22. The maximum Gasteiger partial charge on any atom is 0.187 e. The van der Waals surface area contributed by atoms with E-state index < -0.39 is 0 Å². The third-order valence-corrected chi connectivity index (χ3v) is 4.85. The molecule has 0 aromatic heterocycles. The molecule has 0 aliphatic carbocycles. The summed E-state index contributed by atoms with van der Waals surface area (Å²) in [6, 6.07) is 20.0. The summed E-state index contributed by atoms with van der Waals surface area (Å²) in [6.45, 7) is 0.978. The molecule has 25 heavy (non-hydrogen) atoms. The van der Waals surface area contributed by atoms with Crippen molar-refractivity contribution >= 4 is 0 Å². The molecule has 0 spiro atoms. The highest BCUT2D eigenvalue weighted by Gasteiger charge is 2.60. The van der Waals surface area contributed by atoms with Crippen LogP contribution >= 0.6 is 0 Å². The minimum Gasteiger partial charge on any atom is -0.361 e. The first-order chi connectivity index (χ1) is 12.4. The van der Waals surface area contributed by atoms with Crippen LogP contribution in [0.5, 0.6) is 0 Å². The van der Waals surface area contributed by atoms with Crippen LogP contribution in [0, 0.1) is 0 Å². The monoisotopic (exact) mass is 340 g/mol. The largest absolute Gasteiger partial charge is 0.361 e. The predicted molar refractivity (Wildman–Crippen MR) is 88.6 cm³/mol. The lowest BCUT2D eigenvalue weighted by atomic mass is 10.0. The first kappa shape index (κ1) is 15.5. The van der Waals surface area contributed by atoms with E-state index in [0.29, 0.717) is 13.2 Å². The third-order valence-electron chi connectivity index (χ3n) is 4.85. The Kier molecular flexibility index (Phi) is 4.04. The average Bonchev–Trinajstić information content (AvgIpc) is 3.49. The molecule has 0 saturated carbocycles. The molecule has 0 amide bonds. The van der Waals surface area contributed by atoms with Crippen molar-refractivity contribution in [2.75, 3.05) is 6.61 Å². The van der Waals surface area contributed by atoms with Crippen LogP contribution in [0.3, 0.4) is 0 Å². The molecule has 0 N–H and O–H groups in total. The van der Waals surface area contributed by atoms with E-state index >= 15 is 0 Å². The van der Waals surface area contributed by atoms with Gasteiger partial charge in [-0.25, -0.2) is 0 Å². The topological polar surface area (TPSA) is 49.5 Å². The summed E-state index contributed by atoms with van der Waals surface area (Å²) in [5.41, 5.74) is 2.13. The van der Waals surface area contributed by atoms with Crippen LogP contribution in [0.1, 0.15) is 17.4 Å². The smallest absolute Gasteiger partial charge is 0.187 e. The van der Waals surface area contributed by atoms with Gasteiger partial charge in [0.25, 0.3) is 0 Å². The van der Waals surface area contributed by atoms with Crippen LogP contribution in [0.25, 0.3) is 0 Å². The minimum atomic E-state index is -0.369. The zero-order valence-electron chi connectivity index (χ0n) is 13.7. The van der Waals surface area contributed by atoms with E-state index in [1.807, 2.05) is 60.7 Å². The Morgan fingerprint density at radius 3 is 2.36 bits per heavy atom. The summed E-state index contributed by atoms with van der Waals surface area (Å²) >= 11 is 0. The summed E-state index contributed by atoms with van der Waals surface area (Å²) in [6.07, 6.45) is -1.04. The Bertz CT molecular complexity index is 707. The maximum absolute atomic E-state index is 6.11. The van der Waals surface area contributed by atoms with Crippen molar-refractivity contribution in [3.8, 4) is 0 Å². The number of epoxide rings is 1. The summed E-state index contributed by atoms with van der Waals surface area (Å²) < 4.78 is 29.7. The van der Waals surface area contributed by atoms with Gasteiger partial charge < -0.3 is 23.7 Å². The normalized spacial score (nSPS) is 36.3. The average molecular weight is 340 g/mol. The highest BCUT2D eigenvalue weighted by atomic mass is 16.8. The van der Waals surface area contributed by atoms with E-state index in [0.717, 1.165) is 11.1 Å². The summed E-state index contributed by atoms with van der Waals surface area (Å²) in [5, 5.41) is 0. The van der Waals surface area contributed by atoms with E-state index in [-0.39, 0.29) is 37.0 Å². The Labute approximate surface area is 146 Å². The zero-order valence-corrected chi connectivity index (χ0v) is 13.7. The van der Waals surface area contributed by atoms with Gasteiger partial charge >= 0.3 is 0 Å². The van der Waals surface area contributed by atoms with Gasteiger partial charge in [0.2, 0.25) is 0 Å². The van der Waals surface area contributed by atoms with Gasteiger partial charge in [0.1, 0.15) is 24.4 Å². The SMILES string of the molecule is c1ccc(CO[C@@H]2O[C@@H]3COC(c4ccccc4)O[C@H]3[C@H]3O[C@@H]23)cc1. The number of rotatable bonds is 4. The van der Waals surface area contributed by atoms with Gasteiger partial charge in [-0.05, 0) is 5.56 Å². The predicted octanol–water partition coefficient (Wildman–Crippen LogP) is 2.81. The van der Waals surface area contributed by atoms with E-state index in [2.05, 4.69) is 0 Å². The summed E-state index contributed by atoms with van der Waals surface area (Å²) in [7, 11) is 0. The molecular weight excluding hydrogens is 320 g/mol. The third kappa shape index (κ3) is 3.10. The molecule has 0 radical (unpaired) electrons.